The molecule has 3 aromatic rings. The van der Waals surface area contributed by atoms with E-state index in [9.17, 15) is 18.3 Å². The van der Waals surface area contributed by atoms with Crippen molar-refractivity contribution >= 4 is 17.4 Å². The molecule has 1 unspecified atom stereocenters. The number of ether oxygens (including phenoxy) is 2. The van der Waals surface area contributed by atoms with Gasteiger partial charge in [-0.25, -0.2) is 9.97 Å². The Balaban J connectivity index is 1.73. The second-order valence-corrected chi connectivity index (χ2v) is 6.90. The van der Waals surface area contributed by atoms with Crippen molar-refractivity contribution in [2.75, 3.05) is 26.1 Å². The Kier molecular flexibility index (Phi) is 6.87. The molecule has 0 aliphatic heterocycles. The maximum absolute atomic E-state index is 12.9. The standard InChI is InChI=1S/C21H19ClF3N3O3/c1-30-18-6-4-13(8-19(18)31-2)17(29)10-26-20-9-16(27-11-28-20)12-3-5-14(15(22)7-12)21(23,24)25/h3-9,11,17,29H,10H2,1-2H3,(H,26,27,28). The summed E-state index contributed by atoms with van der Waals surface area (Å²) in [6.07, 6.45) is -4.14. The van der Waals surface area contributed by atoms with Crippen molar-refractivity contribution in [3.05, 3.63) is 64.9 Å². The number of rotatable bonds is 7. The maximum Gasteiger partial charge on any atom is 0.417 e. The highest BCUT2D eigenvalue weighted by molar-refractivity contribution is 6.31. The van der Waals surface area contributed by atoms with Crippen LogP contribution in [0.1, 0.15) is 17.2 Å². The smallest absolute Gasteiger partial charge is 0.417 e. The second-order valence-electron chi connectivity index (χ2n) is 6.49. The summed E-state index contributed by atoms with van der Waals surface area (Å²) in [5, 5.41) is 13.0. The highest BCUT2D eigenvalue weighted by Crippen LogP contribution is 2.36. The van der Waals surface area contributed by atoms with Crippen LogP contribution in [0.3, 0.4) is 0 Å². The number of anilines is 1. The summed E-state index contributed by atoms with van der Waals surface area (Å²) in [6.45, 7) is 0.125. The monoisotopic (exact) mass is 453 g/mol. The van der Waals surface area contributed by atoms with Crippen LogP contribution in [0.25, 0.3) is 11.3 Å². The predicted octanol–water partition coefficient (Wildman–Crippen LogP) is 4.98. The summed E-state index contributed by atoms with van der Waals surface area (Å²) >= 11 is 5.79. The molecule has 0 bridgehead atoms. The highest BCUT2D eigenvalue weighted by Gasteiger charge is 2.33. The number of aliphatic hydroxyl groups is 1. The van der Waals surface area contributed by atoms with Crippen LogP contribution < -0.4 is 14.8 Å². The van der Waals surface area contributed by atoms with Crippen molar-refractivity contribution in [3.8, 4) is 22.8 Å². The van der Waals surface area contributed by atoms with Crippen molar-refractivity contribution in [3.63, 3.8) is 0 Å². The number of aromatic nitrogens is 2. The predicted molar refractivity (Wildman–Crippen MR) is 110 cm³/mol. The van der Waals surface area contributed by atoms with Crippen LogP contribution >= 0.6 is 11.6 Å². The Labute approximate surface area is 181 Å². The van der Waals surface area contributed by atoms with Gasteiger partial charge in [-0.15, -0.1) is 0 Å². The van der Waals surface area contributed by atoms with Gasteiger partial charge in [-0.2, -0.15) is 13.2 Å². The van der Waals surface area contributed by atoms with E-state index in [1.807, 2.05) is 0 Å². The summed E-state index contributed by atoms with van der Waals surface area (Å²) in [6, 6.07) is 10.0. The second kappa shape index (κ2) is 9.40. The third-order valence-corrected chi connectivity index (χ3v) is 4.82. The number of nitrogens with one attached hydrogen (secondary N) is 1. The molecule has 1 heterocycles. The van der Waals surface area contributed by atoms with E-state index in [1.165, 1.54) is 32.7 Å². The molecule has 1 aromatic heterocycles. The largest absolute Gasteiger partial charge is 0.493 e. The lowest BCUT2D eigenvalue weighted by Gasteiger charge is -2.15. The molecule has 0 aliphatic carbocycles. The van der Waals surface area contributed by atoms with Gasteiger partial charge < -0.3 is 19.9 Å². The molecular formula is C21H19ClF3N3O3. The molecule has 164 valence electrons. The van der Waals surface area contributed by atoms with Gasteiger partial charge in [0, 0.05) is 18.2 Å². The Morgan fingerprint density at radius 3 is 2.42 bits per heavy atom. The fraction of sp³-hybridized carbons (Fsp3) is 0.238. The molecule has 0 spiro atoms. The molecule has 2 N–H and O–H groups in total. The van der Waals surface area contributed by atoms with Crippen LogP contribution in [0.4, 0.5) is 19.0 Å². The van der Waals surface area contributed by atoms with E-state index in [0.29, 0.717) is 34.1 Å². The summed E-state index contributed by atoms with van der Waals surface area (Å²) < 4.78 is 49.1. The fourth-order valence-electron chi connectivity index (χ4n) is 2.90. The van der Waals surface area contributed by atoms with Gasteiger partial charge in [-0.05, 0) is 29.8 Å². The lowest BCUT2D eigenvalue weighted by molar-refractivity contribution is -0.137. The molecule has 3 rings (SSSR count). The van der Waals surface area contributed by atoms with Crippen molar-refractivity contribution in [1.82, 2.24) is 9.97 Å². The summed E-state index contributed by atoms with van der Waals surface area (Å²) in [7, 11) is 3.02. The van der Waals surface area contributed by atoms with Crippen LogP contribution in [-0.2, 0) is 6.18 Å². The van der Waals surface area contributed by atoms with E-state index in [4.69, 9.17) is 21.1 Å². The Morgan fingerprint density at radius 1 is 1.03 bits per heavy atom. The quantitative estimate of drug-likeness (QED) is 0.525. The number of alkyl halides is 3. The van der Waals surface area contributed by atoms with Crippen molar-refractivity contribution < 1.29 is 27.8 Å². The SMILES string of the molecule is COc1ccc(C(O)CNc2cc(-c3ccc(C(F)(F)F)c(Cl)c3)ncn2)cc1OC. The summed E-state index contributed by atoms with van der Waals surface area (Å²) in [5.74, 6) is 1.42. The molecule has 0 amide bonds. The average molecular weight is 454 g/mol. The summed E-state index contributed by atoms with van der Waals surface area (Å²) in [5.41, 5.74) is 0.481. The Hall–Kier alpha value is -3.04. The lowest BCUT2D eigenvalue weighted by atomic mass is 10.1. The van der Waals surface area contributed by atoms with Crippen LogP contribution in [0, 0.1) is 0 Å². The van der Waals surface area contributed by atoms with Crippen LogP contribution in [0.5, 0.6) is 11.5 Å². The van der Waals surface area contributed by atoms with Gasteiger partial charge in [0.15, 0.2) is 11.5 Å². The minimum atomic E-state index is -4.53. The van der Waals surface area contributed by atoms with Crippen LogP contribution in [0.2, 0.25) is 5.02 Å². The van der Waals surface area contributed by atoms with Crippen LogP contribution in [-0.4, -0.2) is 35.8 Å². The zero-order chi connectivity index (χ0) is 22.6. The van der Waals surface area contributed by atoms with E-state index in [0.717, 1.165) is 6.07 Å². The molecule has 0 saturated heterocycles. The van der Waals surface area contributed by atoms with Crippen molar-refractivity contribution in [1.29, 1.82) is 0 Å². The first-order chi connectivity index (χ1) is 14.7. The van der Waals surface area contributed by atoms with Gasteiger partial charge in [-0.3, -0.25) is 0 Å². The molecule has 0 aliphatic rings. The number of nitrogens with zero attached hydrogens (tertiary/aromatic N) is 2. The zero-order valence-corrected chi connectivity index (χ0v) is 17.3. The van der Waals surface area contributed by atoms with Gasteiger partial charge in [0.2, 0.25) is 0 Å². The number of methoxy groups -OCH3 is 2. The van der Waals surface area contributed by atoms with Gasteiger partial charge in [0.25, 0.3) is 0 Å². The topological polar surface area (TPSA) is 76.5 Å². The number of hydrogen-bond acceptors (Lipinski definition) is 6. The van der Waals surface area contributed by atoms with Gasteiger partial charge in [-0.1, -0.05) is 23.7 Å². The minimum absolute atomic E-state index is 0.125. The van der Waals surface area contributed by atoms with Crippen molar-refractivity contribution in [2.45, 2.75) is 12.3 Å². The minimum Gasteiger partial charge on any atom is -0.493 e. The first-order valence-corrected chi connectivity index (χ1v) is 9.43. The van der Waals surface area contributed by atoms with Gasteiger partial charge in [0.05, 0.1) is 36.6 Å². The zero-order valence-electron chi connectivity index (χ0n) is 16.6. The molecule has 31 heavy (non-hydrogen) atoms. The number of halogens is 4. The molecule has 0 fully saturated rings. The molecule has 6 nitrogen and oxygen atoms in total. The van der Waals surface area contributed by atoms with E-state index < -0.39 is 22.9 Å². The van der Waals surface area contributed by atoms with Gasteiger partial charge >= 0.3 is 6.18 Å². The summed E-state index contributed by atoms with van der Waals surface area (Å²) in [4.78, 5) is 8.17. The lowest BCUT2D eigenvalue weighted by Crippen LogP contribution is -2.13. The number of aliphatic hydroxyl groups excluding tert-OH is 1. The van der Waals surface area contributed by atoms with Crippen molar-refractivity contribution in [2.24, 2.45) is 0 Å². The van der Waals surface area contributed by atoms with E-state index in [-0.39, 0.29) is 6.54 Å². The number of hydrogen-bond donors (Lipinski definition) is 2. The fourth-order valence-corrected chi connectivity index (χ4v) is 3.18. The Morgan fingerprint density at radius 2 is 1.77 bits per heavy atom. The molecule has 10 heteroatoms. The normalized spacial score (nSPS) is 12.4. The molecule has 2 aromatic carbocycles. The van der Waals surface area contributed by atoms with E-state index in [2.05, 4.69) is 15.3 Å². The molecule has 0 saturated carbocycles. The van der Waals surface area contributed by atoms with Gasteiger partial charge in [0.1, 0.15) is 12.1 Å². The van der Waals surface area contributed by atoms with Crippen LogP contribution in [0.15, 0.2) is 48.8 Å². The number of benzene rings is 2. The van der Waals surface area contributed by atoms with E-state index in [1.54, 1.807) is 24.3 Å². The average Bonchev–Trinajstić information content (AvgIpc) is 2.76. The first-order valence-electron chi connectivity index (χ1n) is 9.06. The Bertz CT molecular complexity index is 1060. The highest BCUT2D eigenvalue weighted by atomic mass is 35.5. The molecule has 1 atom stereocenters. The molecule has 0 radical (unpaired) electrons. The first kappa shape index (κ1) is 22.6. The maximum atomic E-state index is 12.9. The third kappa shape index (κ3) is 5.36. The third-order valence-electron chi connectivity index (χ3n) is 4.51. The molecular weight excluding hydrogens is 435 g/mol. The van der Waals surface area contributed by atoms with E-state index >= 15 is 0 Å².